The van der Waals surface area contributed by atoms with Crippen molar-refractivity contribution in [1.29, 1.82) is 0 Å². The average Bonchev–Trinajstić information content (AvgIpc) is 3.48. The number of carbonyl (C=O) groups is 2. The zero-order valence-corrected chi connectivity index (χ0v) is 18.5. The Labute approximate surface area is 187 Å². The maximum atomic E-state index is 13.7. The van der Waals surface area contributed by atoms with Crippen LogP contribution in [0.2, 0.25) is 0 Å². The molecule has 1 aliphatic carbocycles. The van der Waals surface area contributed by atoms with E-state index >= 15 is 0 Å². The molecule has 0 spiro atoms. The third-order valence-electron chi connectivity index (χ3n) is 7.12. The molecule has 2 amide bonds. The number of hydrogen-bond acceptors (Lipinski definition) is 4. The summed E-state index contributed by atoms with van der Waals surface area (Å²) in [6.07, 6.45) is 6.98. The van der Waals surface area contributed by atoms with Crippen LogP contribution in [0.1, 0.15) is 73.6 Å². The number of fused-ring (bicyclic) bond motifs is 1. The van der Waals surface area contributed by atoms with Gasteiger partial charge in [-0.15, -0.1) is 0 Å². The van der Waals surface area contributed by atoms with Gasteiger partial charge in [0.1, 0.15) is 11.6 Å². The van der Waals surface area contributed by atoms with Gasteiger partial charge < -0.3 is 4.90 Å². The predicted molar refractivity (Wildman–Crippen MR) is 118 cm³/mol. The first-order valence-electron chi connectivity index (χ1n) is 11.7. The van der Waals surface area contributed by atoms with Crippen molar-refractivity contribution in [3.63, 3.8) is 0 Å². The normalized spacial score (nSPS) is 21.3. The third-order valence-corrected chi connectivity index (χ3v) is 7.12. The van der Waals surface area contributed by atoms with Gasteiger partial charge in [-0.25, -0.2) is 14.4 Å². The number of amides is 2. The summed E-state index contributed by atoms with van der Waals surface area (Å²) in [4.78, 5) is 39.3. The third kappa shape index (κ3) is 3.89. The van der Waals surface area contributed by atoms with E-state index in [0.717, 1.165) is 61.9 Å². The van der Waals surface area contributed by atoms with Crippen LogP contribution in [0.25, 0.3) is 0 Å². The van der Waals surface area contributed by atoms with E-state index in [0.29, 0.717) is 24.5 Å². The lowest BCUT2D eigenvalue weighted by molar-refractivity contribution is -0.136. The minimum absolute atomic E-state index is 0.0175. The van der Waals surface area contributed by atoms with Crippen LogP contribution in [0.15, 0.2) is 24.3 Å². The van der Waals surface area contributed by atoms with Gasteiger partial charge in [0, 0.05) is 30.1 Å². The minimum atomic E-state index is -0.321. The summed E-state index contributed by atoms with van der Waals surface area (Å²) >= 11 is 0. The number of nitrogens with zero attached hydrogens (tertiary/aromatic N) is 4. The maximum Gasteiger partial charge on any atom is 0.228 e. The second-order valence-electron chi connectivity index (χ2n) is 9.25. The molecule has 3 aliphatic rings. The van der Waals surface area contributed by atoms with E-state index in [1.165, 1.54) is 12.1 Å². The van der Waals surface area contributed by atoms with Crippen molar-refractivity contribution < 1.29 is 14.0 Å². The van der Waals surface area contributed by atoms with Gasteiger partial charge in [-0.3, -0.25) is 14.5 Å². The van der Waals surface area contributed by atoms with Crippen molar-refractivity contribution in [3.05, 3.63) is 52.7 Å². The number of likely N-dealkylation sites (tertiary alicyclic amines) is 1. The Kier molecular flexibility index (Phi) is 5.66. The molecule has 0 unspecified atom stereocenters. The fourth-order valence-electron chi connectivity index (χ4n) is 5.44. The lowest BCUT2D eigenvalue weighted by Crippen LogP contribution is -2.38. The fraction of sp³-hybridized carbons (Fsp3) is 0.520. The lowest BCUT2D eigenvalue weighted by atomic mass is 10.0. The van der Waals surface area contributed by atoms with E-state index in [4.69, 9.17) is 9.97 Å². The van der Waals surface area contributed by atoms with Crippen molar-refractivity contribution in [2.24, 2.45) is 5.92 Å². The molecular formula is C25H29FN4O2. The van der Waals surface area contributed by atoms with E-state index < -0.39 is 0 Å². The molecule has 1 saturated heterocycles. The minimum Gasteiger partial charge on any atom is -0.332 e. The molecule has 5 rings (SSSR count). The summed E-state index contributed by atoms with van der Waals surface area (Å²) in [6.45, 7) is 2.97. The summed E-state index contributed by atoms with van der Waals surface area (Å²) in [5.74, 6) is 1.27. The summed E-state index contributed by atoms with van der Waals surface area (Å²) in [7, 11) is 0. The first kappa shape index (κ1) is 21.0. The standard InChI is InChI=1S/C25H29FN4O2/c1-16-20-11-12-22(31)30(15-17-6-4-9-19(26)14-17)24(20)28-23(27-16)21-10-5-13-29(21)25(32)18-7-2-3-8-18/h4,6,9,14,18,21H,2-3,5,7-8,10-13,15H2,1H3/t21-/m0/s1. The van der Waals surface area contributed by atoms with E-state index in [1.807, 2.05) is 17.9 Å². The molecule has 6 nitrogen and oxygen atoms in total. The Morgan fingerprint density at radius 2 is 1.94 bits per heavy atom. The Morgan fingerprint density at radius 1 is 1.12 bits per heavy atom. The first-order chi connectivity index (χ1) is 15.5. The summed E-state index contributed by atoms with van der Waals surface area (Å²) < 4.78 is 13.7. The SMILES string of the molecule is Cc1nc([C@@H]2CCCN2C(=O)C2CCCC2)nc2c1CCC(=O)N2Cc1cccc(F)c1. The second kappa shape index (κ2) is 8.60. The van der Waals surface area contributed by atoms with Crippen molar-refractivity contribution >= 4 is 17.6 Å². The molecular weight excluding hydrogens is 407 g/mol. The van der Waals surface area contributed by atoms with Crippen molar-refractivity contribution in [2.75, 3.05) is 11.4 Å². The van der Waals surface area contributed by atoms with E-state index in [-0.39, 0.29) is 36.1 Å². The zero-order chi connectivity index (χ0) is 22.2. The molecule has 2 aliphatic heterocycles. The Balaban J connectivity index is 1.48. The molecule has 32 heavy (non-hydrogen) atoms. The predicted octanol–water partition coefficient (Wildman–Crippen LogP) is 4.26. The highest BCUT2D eigenvalue weighted by atomic mass is 19.1. The van der Waals surface area contributed by atoms with Crippen LogP contribution in [-0.2, 0) is 22.6 Å². The summed E-state index contributed by atoms with van der Waals surface area (Å²) in [5.41, 5.74) is 2.56. The number of anilines is 1. The molecule has 1 aromatic heterocycles. The molecule has 2 fully saturated rings. The smallest absolute Gasteiger partial charge is 0.228 e. The molecule has 0 N–H and O–H groups in total. The Morgan fingerprint density at radius 3 is 2.72 bits per heavy atom. The van der Waals surface area contributed by atoms with Crippen LogP contribution in [0.5, 0.6) is 0 Å². The lowest BCUT2D eigenvalue weighted by Gasteiger charge is -2.31. The largest absolute Gasteiger partial charge is 0.332 e. The summed E-state index contributed by atoms with van der Waals surface area (Å²) in [5, 5.41) is 0. The highest BCUT2D eigenvalue weighted by Crippen LogP contribution is 2.37. The molecule has 7 heteroatoms. The van der Waals surface area contributed by atoms with Crippen molar-refractivity contribution in [1.82, 2.24) is 14.9 Å². The molecule has 2 aromatic rings. The van der Waals surface area contributed by atoms with Gasteiger partial charge in [0.25, 0.3) is 0 Å². The number of carbonyl (C=O) groups excluding carboxylic acids is 2. The van der Waals surface area contributed by atoms with Gasteiger partial charge >= 0.3 is 0 Å². The van der Waals surface area contributed by atoms with Crippen LogP contribution in [0.3, 0.4) is 0 Å². The highest BCUT2D eigenvalue weighted by Gasteiger charge is 2.38. The van der Waals surface area contributed by atoms with Gasteiger partial charge in [0.2, 0.25) is 11.8 Å². The van der Waals surface area contributed by atoms with Gasteiger partial charge in [0.15, 0.2) is 5.82 Å². The molecule has 0 bridgehead atoms. The summed E-state index contributed by atoms with van der Waals surface area (Å²) in [6, 6.07) is 6.19. The Bertz CT molecular complexity index is 1050. The van der Waals surface area contributed by atoms with Gasteiger partial charge in [-0.05, 0) is 56.7 Å². The van der Waals surface area contributed by atoms with Gasteiger partial charge in [0.05, 0.1) is 12.6 Å². The van der Waals surface area contributed by atoms with E-state index in [1.54, 1.807) is 11.0 Å². The number of aryl methyl sites for hydroxylation is 1. The second-order valence-corrected chi connectivity index (χ2v) is 9.25. The number of benzene rings is 1. The molecule has 1 aromatic carbocycles. The molecule has 0 radical (unpaired) electrons. The van der Waals surface area contributed by atoms with E-state index in [9.17, 15) is 14.0 Å². The quantitative estimate of drug-likeness (QED) is 0.718. The molecule has 3 heterocycles. The molecule has 1 atom stereocenters. The molecule has 1 saturated carbocycles. The highest BCUT2D eigenvalue weighted by molar-refractivity contribution is 5.95. The van der Waals surface area contributed by atoms with E-state index in [2.05, 4.69) is 0 Å². The van der Waals surface area contributed by atoms with Crippen LogP contribution in [0, 0.1) is 18.7 Å². The molecule has 168 valence electrons. The number of rotatable bonds is 4. The van der Waals surface area contributed by atoms with Crippen LogP contribution < -0.4 is 4.90 Å². The average molecular weight is 437 g/mol. The topological polar surface area (TPSA) is 66.4 Å². The number of hydrogen-bond donors (Lipinski definition) is 0. The maximum absolute atomic E-state index is 13.7. The van der Waals surface area contributed by atoms with Crippen LogP contribution >= 0.6 is 0 Å². The zero-order valence-electron chi connectivity index (χ0n) is 18.5. The van der Waals surface area contributed by atoms with Gasteiger partial charge in [-0.2, -0.15) is 0 Å². The number of aromatic nitrogens is 2. The number of halogens is 1. The van der Waals surface area contributed by atoms with Gasteiger partial charge in [-0.1, -0.05) is 25.0 Å². The van der Waals surface area contributed by atoms with Crippen molar-refractivity contribution in [3.8, 4) is 0 Å². The fourth-order valence-corrected chi connectivity index (χ4v) is 5.44. The Hall–Kier alpha value is -2.83. The first-order valence-corrected chi connectivity index (χ1v) is 11.7. The van der Waals surface area contributed by atoms with Crippen molar-refractivity contribution in [2.45, 2.75) is 70.9 Å². The van der Waals surface area contributed by atoms with Crippen LogP contribution in [-0.4, -0.2) is 33.2 Å². The van der Waals surface area contributed by atoms with Crippen LogP contribution in [0.4, 0.5) is 10.2 Å². The monoisotopic (exact) mass is 436 g/mol.